The normalized spacial score (nSPS) is 13.6. The van der Waals surface area contributed by atoms with Crippen LogP contribution in [0.3, 0.4) is 0 Å². The minimum absolute atomic E-state index is 0.0327. The van der Waals surface area contributed by atoms with Crippen molar-refractivity contribution in [3.63, 3.8) is 0 Å². The molecule has 0 bridgehead atoms. The van der Waals surface area contributed by atoms with Crippen LogP contribution in [0.25, 0.3) is 21.9 Å². The molecule has 3 aromatic heterocycles. The summed E-state index contributed by atoms with van der Waals surface area (Å²) in [5.41, 5.74) is -0.962. The van der Waals surface area contributed by atoms with Crippen LogP contribution in [0.4, 0.5) is 13.2 Å². The molecule has 4 aromatic rings. The monoisotopic (exact) mass is 526 g/mol. The molecule has 1 aromatic carbocycles. The Labute approximate surface area is 207 Å². The number of aromatic nitrogens is 4. The molecule has 2 N–H and O–H groups in total. The first-order valence-electron chi connectivity index (χ1n) is 10.5. The predicted octanol–water partition coefficient (Wildman–Crippen LogP) is 6.21. The third-order valence-corrected chi connectivity index (χ3v) is 6.90. The van der Waals surface area contributed by atoms with Gasteiger partial charge in [0, 0.05) is 23.5 Å². The fourth-order valence-corrected chi connectivity index (χ4v) is 5.10. The molecule has 0 amide bonds. The van der Waals surface area contributed by atoms with Crippen molar-refractivity contribution >= 4 is 45.3 Å². The number of hydrogen-bond donors (Lipinski definition) is 2. The van der Waals surface area contributed by atoms with Gasteiger partial charge in [0.05, 0.1) is 44.6 Å². The van der Waals surface area contributed by atoms with E-state index in [-0.39, 0.29) is 34.2 Å². The number of hydrogen-bond acceptors (Lipinski definition) is 7. The highest BCUT2D eigenvalue weighted by Crippen LogP contribution is 2.45. The molecule has 3 heterocycles. The maximum absolute atomic E-state index is 13.7. The van der Waals surface area contributed by atoms with E-state index < -0.39 is 34.3 Å². The van der Waals surface area contributed by atoms with E-state index in [1.54, 1.807) is 6.20 Å². The summed E-state index contributed by atoms with van der Waals surface area (Å²) >= 11 is 7.23. The number of benzene rings is 1. The number of ether oxygens (including phenoxy) is 1. The van der Waals surface area contributed by atoms with E-state index >= 15 is 0 Å². The third-order valence-electron chi connectivity index (χ3n) is 5.16. The standard InChI is InChI=1S/C23H22ClF3N4O3S/c1-22(2,3)34-10-13(31-8-6-12-5-4-7-28-19(12)31)11-35-18-16(24)15(23(25,26)27)9-14-17(18)29-21(33)30-20(14)32/h4-9,13H,10-11H2,1-3H3,(H2,29,30,32,33)/t13-/m0/s1. The largest absolute Gasteiger partial charge is 0.493 e. The highest BCUT2D eigenvalue weighted by Gasteiger charge is 2.36. The van der Waals surface area contributed by atoms with Crippen LogP contribution in [-0.2, 0) is 10.9 Å². The van der Waals surface area contributed by atoms with Gasteiger partial charge in [-0.15, -0.1) is 11.8 Å². The highest BCUT2D eigenvalue weighted by molar-refractivity contribution is 7.99. The lowest BCUT2D eigenvalue weighted by molar-refractivity contribution is -0.137. The van der Waals surface area contributed by atoms with Gasteiger partial charge in [-0.1, -0.05) is 11.6 Å². The maximum atomic E-state index is 13.7. The number of rotatable bonds is 6. The van der Waals surface area contributed by atoms with E-state index in [1.807, 2.05) is 49.7 Å². The molecule has 0 radical (unpaired) electrons. The van der Waals surface area contributed by atoms with Crippen LogP contribution in [0.2, 0.25) is 5.02 Å². The Morgan fingerprint density at radius 1 is 1.17 bits per heavy atom. The van der Waals surface area contributed by atoms with E-state index in [4.69, 9.17) is 16.3 Å². The number of thioether (sulfide) groups is 1. The molecular weight excluding hydrogens is 505 g/mol. The smallest absolute Gasteiger partial charge is 0.417 e. The summed E-state index contributed by atoms with van der Waals surface area (Å²) in [6.07, 6.45) is -1.27. The van der Waals surface area contributed by atoms with E-state index in [2.05, 4.69) is 15.0 Å². The van der Waals surface area contributed by atoms with Crippen molar-refractivity contribution in [1.29, 1.82) is 0 Å². The van der Waals surface area contributed by atoms with Gasteiger partial charge in [-0.05, 0) is 45.0 Å². The zero-order chi connectivity index (χ0) is 25.5. The van der Waals surface area contributed by atoms with Gasteiger partial charge in [0.25, 0.3) is 0 Å². The van der Waals surface area contributed by atoms with Crippen LogP contribution in [0.15, 0.2) is 41.6 Å². The zero-order valence-electron chi connectivity index (χ0n) is 19.0. The van der Waals surface area contributed by atoms with E-state index in [9.17, 15) is 23.4 Å². The van der Waals surface area contributed by atoms with Crippen molar-refractivity contribution in [2.24, 2.45) is 0 Å². The molecule has 0 aliphatic heterocycles. The Hall–Kier alpha value is -2.76. The van der Waals surface area contributed by atoms with Gasteiger partial charge in [0.15, 0.2) is 0 Å². The van der Waals surface area contributed by atoms with Crippen LogP contribution in [0.1, 0.15) is 32.4 Å². The van der Waals surface area contributed by atoms with Gasteiger partial charge < -0.3 is 19.5 Å². The lowest BCUT2D eigenvalue weighted by Crippen LogP contribution is -2.26. The van der Waals surface area contributed by atoms with Gasteiger partial charge >= 0.3 is 12.2 Å². The fraction of sp³-hybridized carbons (Fsp3) is 0.348. The molecule has 7 nitrogen and oxygen atoms in total. The first-order chi connectivity index (χ1) is 16.3. The second-order valence-corrected chi connectivity index (χ2v) is 10.2. The summed E-state index contributed by atoms with van der Waals surface area (Å²) in [6.45, 7) is 5.96. The molecule has 4 rings (SSSR count). The number of fused-ring (bicyclic) bond motifs is 2. The van der Waals surface area contributed by atoms with Crippen LogP contribution in [0.5, 0.6) is 11.9 Å². The lowest BCUT2D eigenvalue weighted by atomic mass is 10.1. The Balaban J connectivity index is 1.78. The summed E-state index contributed by atoms with van der Waals surface area (Å²) in [7, 11) is 0. The highest BCUT2D eigenvalue weighted by atomic mass is 35.5. The Morgan fingerprint density at radius 2 is 1.91 bits per heavy atom. The molecule has 0 aliphatic carbocycles. The van der Waals surface area contributed by atoms with Gasteiger partial charge in [0.2, 0.25) is 5.88 Å². The summed E-state index contributed by atoms with van der Waals surface area (Å²) < 4.78 is 49.1. The first kappa shape index (κ1) is 25.3. The van der Waals surface area contributed by atoms with E-state index in [1.165, 1.54) is 0 Å². The minimum atomic E-state index is -4.78. The van der Waals surface area contributed by atoms with Crippen molar-refractivity contribution in [2.45, 2.75) is 43.5 Å². The molecule has 0 saturated carbocycles. The number of nitrogens with zero attached hydrogens (tertiary/aromatic N) is 4. The fourth-order valence-electron chi connectivity index (χ4n) is 3.54. The summed E-state index contributed by atoms with van der Waals surface area (Å²) in [5, 5.41) is 20.0. The molecule has 35 heavy (non-hydrogen) atoms. The molecule has 186 valence electrons. The van der Waals surface area contributed by atoms with Crippen molar-refractivity contribution in [3.8, 4) is 11.9 Å². The number of pyridine rings is 1. The molecule has 0 aliphatic rings. The minimum Gasteiger partial charge on any atom is -0.493 e. The van der Waals surface area contributed by atoms with E-state index in [0.29, 0.717) is 11.7 Å². The molecule has 0 fully saturated rings. The SMILES string of the molecule is CC(C)(C)OC[C@@H](CSc1c(Cl)c(C(F)(F)F)cc2c(O)nc(O)nc12)n1ccc2cccnc21. The second-order valence-electron chi connectivity index (χ2n) is 8.84. The van der Waals surface area contributed by atoms with Gasteiger partial charge in [0.1, 0.15) is 5.65 Å². The second kappa shape index (κ2) is 9.36. The van der Waals surface area contributed by atoms with Crippen LogP contribution in [0, 0.1) is 0 Å². The maximum Gasteiger partial charge on any atom is 0.417 e. The average Bonchev–Trinajstić information content (AvgIpc) is 3.17. The quantitative estimate of drug-likeness (QED) is 0.288. The number of alkyl halides is 3. The first-order valence-corrected chi connectivity index (χ1v) is 11.9. The molecule has 1 atom stereocenters. The summed E-state index contributed by atoms with van der Waals surface area (Å²) in [4.78, 5) is 11.6. The van der Waals surface area contributed by atoms with Crippen LogP contribution in [-0.4, -0.2) is 47.7 Å². The Kier molecular flexibility index (Phi) is 6.78. The third kappa shape index (κ3) is 5.41. The molecule has 0 unspecified atom stereocenters. The van der Waals surface area contributed by atoms with Crippen molar-refractivity contribution < 1.29 is 28.1 Å². The molecule has 0 saturated heterocycles. The van der Waals surface area contributed by atoms with Crippen LogP contribution >= 0.6 is 23.4 Å². The van der Waals surface area contributed by atoms with Crippen molar-refractivity contribution in [1.82, 2.24) is 19.5 Å². The van der Waals surface area contributed by atoms with E-state index in [0.717, 1.165) is 17.1 Å². The van der Waals surface area contributed by atoms with Gasteiger partial charge in [-0.2, -0.15) is 23.1 Å². The molecular formula is C23H22ClF3N4O3S. The summed E-state index contributed by atoms with van der Waals surface area (Å²) in [5.74, 6) is -0.539. The zero-order valence-corrected chi connectivity index (χ0v) is 20.5. The van der Waals surface area contributed by atoms with Gasteiger partial charge in [-0.25, -0.2) is 4.98 Å². The number of aromatic hydroxyl groups is 2. The lowest BCUT2D eigenvalue weighted by Gasteiger charge is -2.26. The molecule has 12 heteroatoms. The van der Waals surface area contributed by atoms with Gasteiger partial charge in [-0.3, -0.25) is 0 Å². The topological polar surface area (TPSA) is 93.3 Å². The summed E-state index contributed by atoms with van der Waals surface area (Å²) in [6, 6.07) is 5.19. The Bertz CT molecular complexity index is 1390. The van der Waals surface area contributed by atoms with Crippen LogP contribution < -0.4 is 0 Å². The number of halogens is 4. The average molecular weight is 527 g/mol. The van der Waals surface area contributed by atoms with Crippen molar-refractivity contribution in [2.75, 3.05) is 12.4 Å². The Morgan fingerprint density at radius 3 is 2.60 bits per heavy atom. The van der Waals surface area contributed by atoms with Crippen molar-refractivity contribution in [3.05, 3.63) is 47.2 Å². The predicted molar refractivity (Wildman–Crippen MR) is 128 cm³/mol. The molecule has 0 spiro atoms.